The molecule has 6 nitrogen and oxygen atoms in total. The molecular formula is C57H42IrN3O3. The molecule has 12 rings (SSSR count). The van der Waals surface area contributed by atoms with Gasteiger partial charge in [-0.1, -0.05) is 106 Å². The Hall–Kier alpha value is -7.18. The van der Waals surface area contributed by atoms with E-state index in [4.69, 9.17) is 13.3 Å². The Morgan fingerprint density at radius 1 is 0.328 bits per heavy atom. The normalized spacial score (nSPS) is 11.2. The summed E-state index contributed by atoms with van der Waals surface area (Å²) in [6.07, 6.45) is 5.61. The average molecular weight is 1010 g/mol. The maximum Gasteiger partial charge on any atom is 3.00 e. The summed E-state index contributed by atoms with van der Waals surface area (Å²) >= 11 is 0. The summed E-state index contributed by atoms with van der Waals surface area (Å²) < 4.78 is 18.2. The molecule has 6 heterocycles. The van der Waals surface area contributed by atoms with E-state index in [1.54, 1.807) is 0 Å². The SMILES string of the molecule is Cc1ccc(-c2[c-]ccc3c2oc2cc(C)ccc23)nc1.Cc1ccc(-c2[c-]ccc3c2oc2cc(C)ccc23)nc1.Cc1ccc(-c2[c-]ccc3c2oc2cc(C)ccc23)nc1.[Ir+3]. The second kappa shape index (κ2) is 17.5. The average Bonchev–Trinajstić information content (AvgIpc) is 3.98. The predicted octanol–water partition coefficient (Wildman–Crippen LogP) is 15.2. The van der Waals surface area contributed by atoms with Crippen molar-refractivity contribution < 1.29 is 33.4 Å². The van der Waals surface area contributed by atoms with Crippen LogP contribution in [0.4, 0.5) is 0 Å². The zero-order valence-corrected chi connectivity index (χ0v) is 38.7. The third-order valence-corrected chi connectivity index (χ3v) is 11.3. The Bertz CT molecular complexity index is 3240. The second-order valence-corrected chi connectivity index (χ2v) is 16.3. The van der Waals surface area contributed by atoms with Crippen molar-refractivity contribution in [3.05, 3.63) is 198 Å². The third-order valence-electron chi connectivity index (χ3n) is 11.3. The van der Waals surface area contributed by atoms with Crippen molar-refractivity contribution in [1.82, 2.24) is 15.0 Å². The van der Waals surface area contributed by atoms with E-state index in [-0.39, 0.29) is 20.1 Å². The summed E-state index contributed by atoms with van der Waals surface area (Å²) in [5.74, 6) is 0. The van der Waals surface area contributed by atoms with E-state index < -0.39 is 0 Å². The fourth-order valence-electron chi connectivity index (χ4n) is 7.96. The molecule has 0 amide bonds. The Kier molecular flexibility index (Phi) is 11.5. The number of aryl methyl sites for hydroxylation is 6. The molecule has 0 fully saturated rings. The van der Waals surface area contributed by atoms with E-state index in [1.165, 1.54) is 16.7 Å². The van der Waals surface area contributed by atoms with Crippen molar-refractivity contribution in [1.29, 1.82) is 0 Å². The van der Waals surface area contributed by atoms with E-state index in [9.17, 15) is 0 Å². The van der Waals surface area contributed by atoms with Crippen molar-refractivity contribution in [2.45, 2.75) is 41.5 Å². The van der Waals surface area contributed by atoms with Crippen LogP contribution >= 0.6 is 0 Å². The molecule has 0 saturated carbocycles. The van der Waals surface area contributed by atoms with Crippen molar-refractivity contribution in [2.24, 2.45) is 0 Å². The molecule has 6 aromatic heterocycles. The molecule has 0 unspecified atom stereocenters. The van der Waals surface area contributed by atoms with Crippen LogP contribution in [0.25, 0.3) is 99.6 Å². The van der Waals surface area contributed by atoms with Gasteiger partial charge < -0.3 is 28.2 Å². The van der Waals surface area contributed by atoms with Crippen LogP contribution in [0.5, 0.6) is 0 Å². The number of aromatic nitrogens is 3. The monoisotopic (exact) mass is 1010 g/mol. The van der Waals surface area contributed by atoms with Gasteiger partial charge in [0.05, 0.1) is 16.7 Å². The molecule has 0 N–H and O–H groups in total. The molecule has 0 saturated heterocycles. The maximum absolute atomic E-state index is 6.08. The van der Waals surface area contributed by atoms with Gasteiger partial charge >= 0.3 is 20.1 Å². The molecule has 12 aromatic rings. The number of benzene rings is 6. The molecule has 0 aliphatic carbocycles. The molecule has 0 spiro atoms. The van der Waals surface area contributed by atoms with Crippen LogP contribution < -0.4 is 0 Å². The van der Waals surface area contributed by atoms with Gasteiger partial charge in [0.2, 0.25) is 0 Å². The molecule has 0 aliphatic heterocycles. The largest absolute Gasteiger partial charge is 3.00 e. The van der Waals surface area contributed by atoms with Crippen molar-refractivity contribution in [3.63, 3.8) is 0 Å². The Balaban J connectivity index is 0.000000121. The van der Waals surface area contributed by atoms with Crippen LogP contribution in [0, 0.1) is 59.7 Å². The maximum atomic E-state index is 6.08. The van der Waals surface area contributed by atoms with E-state index in [0.29, 0.717) is 0 Å². The van der Waals surface area contributed by atoms with Crippen LogP contribution in [-0.2, 0) is 20.1 Å². The smallest absolute Gasteiger partial charge is 0.501 e. The summed E-state index contributed by atoms with van der Waals surface area (Å²) in [5.41, 5.74) is 17.8. The van der Waals surface area contributed by atoms with Gasteiger partial charge in [-0.2, -0.15) is 0 Å². The molecule has 0 aliphatic rings. The molecule has 64 heavy (non-hydrogen) atoms. The fraction of sp³-hybridized carbons (Fsp3) is 0.105. The molecule has 6 aromatic carbocycles. The van der Waals surface area contributed by atoms with Crippen LogP contribution in [-0.4, -0.2) is 15.0 Å². The summed E-state index contributed by atoms with van der Waals surface area (Å²) in [7, 11) is 0. The number of pyridine rings is 3. The van der Waals surface area contributed by atoms with Crippen LogP contribution in [0.1, 0.15) is 33.4 Å². The molecular weight excluding hydrogens is 967 g/mol. The minimum absolute atomic E-state index is 0. The molecule has 0 atom stereocenters. The Morgan fingerprint density at radius 2 is 0.609 bits per heavy atom. The van der Waals surface area contributed by atoms with Gasteiger partial charge in [-0.3, -0.25) is 0 Å². The summed E-state index contributed by atoms with van der Waals surface area (Å²) in [6, 6.07) is 52.9. The minimum atomic E-state index is 0. The number of rotatable bonds is 3. The van der Waals surface area contributed by atoms with Crippen molar-refractivity contribution in [2.75, 3.05) is 0 Å². The predicted molar refractivity (Wildman–Crippen MR) is 256 cm³/mol. The first-order valence-electron chi connectivity index (χ1n) is 21.0. The van der Waals surface area contributed by atoms with Gasteiger partial charge in [0, 0.05) is 34.7 Å². The second-order valence-electron chi connectivity index (χ2n) is 16.3. The standard InChI is InChI=1S/3C19H14NO.Ir/c3*1-12-6-8-14-15-4-3-5-16(19(15)21-18(14)10-12)17-9-7-13(2)11-20-17;/h3*3-4,6-11H,1-2H3;/q3*-1;+3. The van der Waals surface area contributed by atoms with E-state index >= 15 is 0 Å². The number of nitrogens with zero attached hydrogens (tertiary/aromatic N) is 3. The van der Waals surface area contributed by atoms with Crippen LogP contribution in [0.2, 0.25) is 0 Å². The van der Waals surface area contributed by atoms with Crippen molar-refractivity contribution in [3.8, 4) is 33.8 Å². The Labute approximate surface area is 385 Å². The molecule has 0 bridgehead atoms. The summed E-state index contributed by atoms with van der Waals surface area (Å²) in [6.45, 7) is 12.3. The number of fused-ring (bicyclic) bond motifs is 9. The third kappa shape index (κ3) is 8.12. The zero-order valence-electron chi connectivity index (χ0n) is 36.3. The summed E-state index contributed by atoms with van der Waals surface area (Å²) in [5, 5.41) is 6.75. The van der Waals surface area contributed by atoms with Crippen LogP contribution in [0.3, 0.4) is 0 Å². The van der Waals surface area contributed by atoms with Gasteiger partial charge in [0.25, 0.3) is 0 Å². The first kappa shape index (κ1) is 42.1. The zero-order chi connectivity index (χ0) is 43.2. The quantitative estimate of drug-likeness (QED) is 0.164. The van der Waals surface area contributed by atoms with Gasteiger partial charge in [0.15, 0.2) is 0 Å². The molecule has 0 radical (unpaired) electrons. The molecule has 7 heteroatoms. The Morgan fingerprint density at radius 3 is 0.875 bits per heavy atom. The number of hydrogen-bond donors (Lipinski definition) is 0. The van der Waals surface area contributed by atoms with Crippen molar-refractivity contribution >= 4 is 65.8 Å². The minimum Gasteiger partial charge on any atom is -0.501 e. The number of furan rings is 3. The van der Waals surface area contributed by atoms with Crippen LogP contribution in [0.15, 0.2) is 159 Å². The molecule has 312 valence electrons. The first-order valence-corrected chi connectivity index (χ1v) is 21.0. The van der Waals surface area contributed by atoms with Gasteiger partial charge in [-0.15, -0.1) is 54.6 Å². The van der Waals surface area contributed by atoms with E-state index in [1.807, 2.05) is 94.0 Å². The van der Waals surface area contributed by atoms with E-state index in [0.717, 1.165) is 116 Å². The first-order chi connectivity index (χ1) is 30.7. The topological polar surface area (TPSA) is 78.1 Å². The van der Waals surface area contributed by atoms with Gasteiger partial charge in [-0.05, 0) is 110 Å². The fourth-order valence-corrected chi connectivity index (χ4v) is 7.96. The number of hydrogen-bond acceptors (Lipinski definition) is 6. The summed E-state index contributed by atoms with van der Waals surface area (Å²) in [4.78, 5) is 13.5. The van der Waals surface area contributed by atoms with Gasteiger partial charge in [-0.25, -0.2) is 0 Å². The van der Waals surface area contributed by atoms with E-state index in [2.05, 4.69) is 127 Å². The van der Waals surface area contributed by atoms with Gasteiger partial charge in [0.1, 0.15) is 16.7 Å².